The van der Waals surface area contributed by atoms with E-state index in [1.807, 2.05) is 0 Å². The predicted octanol–water partition coefficient (Wildman–Crippen LogP) is 2.84. The third-order valence-electron chi connectivity index (χ3n) is 5.28. The zero-order valence-electron chi connectivity index (χ0n) is 10.8. The molecule has 6 atom stereocenters. The normalized spacial score (nSPS) is 57.9. The van der Waals surface area contributed by atoms with Crippen LogP contribution in [-0.2, 0) is 9.47 Å². The van der Waals surface area contributed by atoms with Gasteiger partial charge in [-0.25, -0.2) is 0 Å². The highest BCUT2D eigenvalue weighted by atomic mass is 16.6. The van der Waals surface area contributed by atoms with Gasteiger partial charge in [0.15, 0.2) is 0 Å². The monoisotopic (exact) mass is 232 g/mol. The van der Waals surface area contributed by atoms with Crippen molar-refractivity contribution in [2.75, 3.05) is 0 Å². The summed E-state index contributed by atoms with van der Waals surface area (Å²) in [4.78, 5) is 0. The minimum absolute atomic E-state index is 0.199. The summed E-state index contributed by atoms with van der Waals surface area (Å²) in [6, 6.07) is 0. The van der Waals surface area contributed by atoms with Crippen LogP contribution in [0.1, 0.15) is 33.6 Å². The second kappa shape index (κ2) is 2.70. The molecule has 0 amide bonds. The largest absolute Gasteiger partial charge is 0.365 e. The fourth-order valence-electron chi connectivity index (χ4n) is 4.65. The lowest BCUT2D eigenvalue weighted by Gasteiger charge is -2.45. The molecule has 2 saturated carbocycles. The first-order valence-electron chi connectivity index (χ1n) is 6.66. The Morgan fingerprint density at radius 3 is 2.94 bits per heavy atom. The van der Waals surface area contributed by atoms with Crippen molar-refractivity contribution in [2.45, 2.75) is 57.5 Å². The summed E-state index contributed by atoms with van der Waals surface area (Å²) in [6.45, 7) is 10.9. The van der Waals surface area contributed by atoms with Gasteiger partial charge in [0.2, 0.25) is 0 Å². The highest BCUT2D eigenvalue weighted by Crippen LogP contribution is 2.78. The van der Waals surface area contributed by atoms with Gasteiger partial charge in [-0.15, -0.1) is 0 Å². The van der Waals surface area contributed by atoms with Crippen molar-refractivity contribution in [3.05, 3.63) is 23.8 Å². The lowest BCUT2D eigenvalue weighted by atomic mass is 9.53. The molecule has 4 aliphatic rings. The fraction of sp³-hybridized carbons (Fsp3) is 0.733. The maximum absolute atomic E-state index is 6.02. The Morgan fingerprint density at radius 2 is 2.24 bits per heavy atom. The molecule has 2 nitrogen and oxygen atoms in total. The van der Waals surface area contributed by atoms with Gasteiger partial charge in [-0.05, 0) is 26.7 Å². The quantitative estimate of drug-likeness (QED) is 0.540. The molecule has 2 aliphatic carbocycles. The molecule has 0 bridgehead atoms. The van der Waals surface area contributed by atoms with Crippen molar-refractivity contribution in [2.24, 2.45) is 11.3 Å². The molecule has 0 radical (unpaired) electrons. The highest BCUT2D eigenvalue weighted by Gasteiger charge is 2.87. The number of epoxide rings is 2. The summed E-state index contributed by atoms with van der Waals surface area (Å²) in [7, 11) is 0. The van der Waals surface area contributed by atoms with Gasteiger partial charge in [0.05, 0.1) is 12.2 Å². The summed E-state index contributed by atoms with van der Waals surface area (Å²) in [5.74, 6) is 0.556. The predicted molar refractivity (Wildman–Crippen MR) is 65.7 cm³/mol. The maximum atomic E-state index is 6.02. The Kier molecular flexibility index (Phi) is 1.64. The van der Waals surface area contributed by atoms with Gasteiger partial charge in [0, 0.05) is 11.3 Å². The highest BCUT2D eigenvalue weighted by molar-refractivity contribution is 5.43. The van der Waals surface area contributed by atoms with Crippen molar-refractivity contribution in [1.82, 2.24) is 0 Å². The molecule has 0 unspecified atom stereocenters. The zero-order chi connectivity index (χ0) is 12.0. The second-order valence-electron chi connectivity index (χ2n) is 6.68. The maximum Gasteiger partial charge on any atom is 0.103 e. The molecule has 92 valence electrons. The van der Waals surface area contributed by atoms with Crippen molar-refractivity contribution in [3.8, 4) is 0 Å². The fourth-order valence-corrected chi connectivity index (χ4v) is 4.65. The summed E-state index contributed by atoms with van der Waals surface area (Å²) in [5.41, 5.74) is 3.14. The van der Waals surface area contributed by atoms with E-state index in [1.165, 1.54) is 17.6 Å². The number of hydrogen-bond donors (Lipinski definition) is 0. The lowest BCUT2D eigenvalue weighted by Crippen LogP contribution is -2.56. The molecule has 2 aliphatic heterocycles. The number of rotatable bonds is 2. The van der Waals surface area contributed by atoms with Gasteiger partial charge in [0.1, 0.15) is 11.7 Å². The summed E-state index contributed by atoms with van der Waals surface area (Å²) < 4.78 is 11.9. The Labute approximate surface area is 103 Å². The molecule has 2 saturated heterocycles. The Bertz CT molecular complexity index is 448. The van der Waals surface area contributed by atoms with Crippen LogP contribution in [0.2, 0.25) is 0 Å². The third kappa shape index (κ3) is 1.01. The van der Waals surface area contributed by atoms with Gasteiger partial charge < -0.3 is 9.47 Å². The molecular weight excluding hydrogens is 212 g/mol. The molecule has 17 heavy (non-hydrogen) atoms. The molecule has 2 heteroatoms. The molecule has 0 aromatic carbocycles. The average molecular weight is 232 g/mol. The molecule has 1 spiro atoms. The molecule has 0 N–H and O–H groups in total. The summed E-state index contributed by atoms with van der Waals surface area (Å²) in [6.07, 6.45) is 5.71. The van der Waals surface area contributed by atoms with E-state index in [0.717, 1.165) is 6.42 Å². The van der Waals surface area contributed by atoms with E-state index in [9.17, 15) is 0 Å². The van der Waals surface area contributed by atoms with Gasteiger partial charge >= 0.3 is 0 Å². The third-order valence-corrected chi connectivity index (χ3v) is 5.28. The second-order valence-corrected chi connectivity index (χ2v) is 6.68. The van der Waals surface area contributed by atoms with E-state index in [1.54, 1.807) is 0 Å². The van der Waals surface area contributed by atoms with E-state index in [2.05, 4.69) is 33.4 Å². The van der Waals surface area contributed by atoms with Crippen molar-refractivity contribution in [3.63, 3.8) is 0 Å². The van der Waals surface area contributed by atoms with E-state index < -0.39 is 0 Å². The molecule has 4 fully saturated rings. The standard InChI is InChI=1S/C15H20O2/c1-8(2)7-10-12(16-10)14(4)11-9(3)5-6-15(11)13(14)17-15/h7,10-13H,3,5-6H2,1-2,4H3/t10-,11+,12+,13-,14-,15+/m0/s1. The van der Waals surface area contributed by atoms with E-state index in [4.69, 9.17) is 9.47 Å². The molecule has 4 rings (SSSR count). The van der Waals surface area contributed by atoms with Crippen LogP contribution < -0.4 is 0 Å². The Balaban J connectivity index is 1.60. The first-order valence-corrected chi connectivity index (χ1v) is 6.66. The average Bonchev–Trinajstić information content (AvgIpc) is 3.06. The van der Waals surface area contributed by atoms with Crippen molar-refractivity contribution >= 4 is 0 Å². The van der Waals surface area contributed by atoms with Crippen LogP contribution in [0.5, 0.6) is 0 Å². The SMILES string of the molecule is C=C1CC[C@]23O[C@H]2[C@](C)([C@@H]2O[C@H]2C=C(C)C)[C@@H]13. The Morgan fingerprint density at radius 1 is 1.47 bits per heavy atom. The molecule has 0 aromatic rings. The van der Waals surface area contributed by atoms with Gasteiger partial charge in [-0.1, -0.05) is 30.7 Å². The van der Waals surface area contributed by atoms with Crippen molar-refractivity contribution in [1.29, 1.82) is 0 Å². The van der Waals surface area contributed by atoms with Crippen LogP contribution in [-0.4, -0.2) is 23.9 Å². The smallest absolute Gasteiger partial charge is 0.103 e. The summed E-state index contributed by atoms with van der Waals surface area (Å²) in [5, 5.41) is 0. The lowest BCUT2D eigenvalue weighted by molar-refractivity contribution is 0.0592. The summed E-state index contributed by atoms with van der Waals surface area (Å²) >= 11 is 0. The Hall–Kier alpha value is -0.600. The van der Waals surface area contributed by atoms with Crippen LogP contribution in [0.3, 0.4) is 0 Å². The number of hydrogen-bond acceptors (Lipinski definition) is 2. The van der Waals surface area contributed by atoms with E-state index in [0.29, 0.717) is 24.2 Å². The topological polar surface area (TPSA) is 25.1 Å². The van der Waals surface area contributed by atoms with Crippen LogP contribution >= 0.6 is 0 Å². The first-order chi connectivity index (χ1) is 8.00. The van der Waals surface area contributed by atoms with Crippen LogP contribution in [0.25, 0.3) is 0 Å². The van der Waals surface area contributed by atoms with Crippen LogP contribution in [0.4, 0.5) is 0 Å². The van der Waals surface area contributed by atoms with Gasteiger partial charge in [-0.2, -0.15) is 0 Å². The van der Waals surface area contributed by atoms with Gasteiger partial charge in [0.25, 0.3) is 0 Å². The minimum Gasteiger partial charge on any atom is -0.365 e. The van der Waals surface area contributed by atoms with E-state index in [-0.39, 0.29) is 11.0 Å². The number of ether oxygens (including phenoxy) is 2. The van der Waals surface area contributed by atoms with Crippen molar-refractivity contribution < 1.29 is 9.47 Å². The van der Waals surface area contributed by atoms with Crippen LogP contribution in [0.15, 0.2) is 23.8 Å². The molecule has 0 aromatic heterocycles. The van der Waals surface area contributed by atoms with Crippen LogP contribution in [0, 0.1) is 11.3 Å². The minimum atomic E-state index is 0.199. The number of allylic oxidation sites excluding steroid dienone is 1. The molecular formula is C15H20O2. The first kappa shape index (κ1) is 10.3. The zero-order valence-corrected chi connectivity index (χ0v) is 10.8. The molecule has 2 heterocycles. The van der Waals surface area contributed by atoms with Gasteiger partial charge in [-0.3, -0.25) is 0 Å². The van der Waals surface area contributed by atoms with E-state index >= 15 is 0 Å².